The first-order chi connectivity index (χ1) is 10.1. The number of carbonyl (C=O) groups is 1. The maximum Gasteiger partial charge on any atom is 0.277 e. The van der Waals surface area contributed by atoms with Gasteiger partial charge in [0.05, 0.1) is 5.25 Å². The Hall–Kier alpha value is -1.60. The Morgan fingerprint density at radius 3 is 2.86 bits per heavy atom. The molecule has 1 aromatic carbocycles. The molecule has 7 heteroatoms. The Bertz CT molecular complexity index is 627. The number of carbonyl (C=O) groups excluding carboxylic acids is 1. The first kappa shape index (κ1) is 15.8. The van der Waals surface area contributed by atoms with Crippen LogP contribution in [0.5, 0.6) is 0 Å². The predicted octanol–water partition coefficient (Wildman–Crippen LogP) is 3.28. The van der Waals surface area contributed by atoms with Crippen LogP contribution in [0, 0.1) is 0 Å². The van der Waals surface area contributed by atoms with Crippen molar-refractivity contribution in [2.24, 2.45) is 0 Å². The number of benzene rings is 1. The van der Waals surface area contributed by atoms with Crippen LogP contribution in [-0.4, -0.2) is 27.9 Å². The van der Waals surface area contributed by atoms with E-state index >= 15 is 0 Å². The van der Waals surface area contributed by atoms with E-state index in [4.69, 9.17) is 4.42 Å². The zero-order chi connectivity index (χ0) is 15.2. The van der Waals surface area contributed by atoms with Crippen LogP contribution in [0.25, 0.3) is 11.5 Å². The molecule has 0 fully saturated rings. The maximum absolute atomic E-state index is 11.7. The predicted molar refractivity (Wildman–Crippen MR) is 86.0 cm³/mol. The van der Waals surface area contributed by atoms with Crippen LogP contribution in [0.15, 0.2) is 51.0 Å². The Morgan fingerprint density at radius 2 is 2.19 bits per heavy atom. The van der Waals surface area contributed by atoms with Crippen LogP contribution in [0.3, 0.4) is 0 Å². The second-order valence-electron chi connectivity index (χ2n) is 4.17. The number of aromatic nitrogens is 2. The maximum atomic E-state index is 11.7. The van der Waals surface area contributed by atoms with Gasteiger partial charge in [0.1, 0.15) is 0 Å². The van der Waals surface area contributed by atoms with Crippen molar-refractivity contribution in [2.75, 3.05) is 6.54 Å². The summed E-state index contributed by atoms with van der Waals surface area (Å²) in [5.41, 5.74) is 0.835. The van der Waals surface area contributed by atoms with Crippen molar-refractivity contribution in [2.45, 2.75) is 17.4 Å². The van der Waals surface area contributed by atoms with E-state index in [1.165, 1.54) is 11.8 Å². The quantitative estimate of drug-likeness (QED) is 0.626. The fraction of sp³-hybridized carbons (Fsp3) is 0.214. The van der Waals surface area contributed by atoms with Crippen molar-refractivity contribution in [3.63, 3.8) is 0 Å². The lowest BCUT2D eigenvalue weighted by molar-refractivity contribution is -0.120. The minimum Gasteiger partial charge on any atom is -0.411 e. The van der Waals surface area contributed by atoms with Crippen molar-refractivity contribution in [1.29, 1.82) is 0 Å². The molecule has 1 amide bonds. The molecule has 110 valence electrons. The van der Waals surface area contributed by atoms with Gasteiger partial charge < -0.3 is 9.73 Å². The number of nitrogens with one attached hydrogen (secondary N) is 1. The molecule has 0 bridgehead atoms. The number of thioether (sulfide) groups is 1. The van der Waals surface area contributed by atoms with E-state index < -0.39 is 0 Å². The molecular formula is C14H14BrN3O2S. The zero-order valence-corrected chi connectivity index (χ0v) is 13.8. The molecule has 0 saturated carbocycles. The number of hydrogen-bond donors (Lipinski definition) is 1. The average Bonchev–Trinajstić information content (AvgIpc) is 2.93. The van der Waals surface area contributed by atoms with Gasteiger partial charge in [0, 0.05) is 16.6 Å². The molecule has 1 N–H and O–H groups in total. The first-order valence-corrected chi connectivity index (χ1v) is 7.92. The molecule has 2 rings (SSSR count). The smallest absolute Gasteiger partial charge is 0.277 e. The molecule has 0 spiro atoms. The van der Waals surface area contributed by atoms with Crippen molar-refractivity contribution in [1.82, 2.24) is 15.5 Å². The molecule has 0 aliphatic heterocycles. The molecule has 0 saturated heterocycles. The summed E-state index contributed by atoms with van der Waals surface area (Å²) >= 11 is 4.60. The Labute approximate surface area is 135 Å². The average molecular weight is 368 g/mol. The lowest BCUT2D eigenvalue weighted by atomic mass is 10.2. The molecule has 1 heterocycles. The van der Waals surface area contributed by atoms with E-state index in [2.05, 4.69) is 38.0 Å². The largest absolute Gasteiger partial charge is 0.411 e. The standard InChI is InChI=1S/C14H14BrN3O2S/c1-3-8-16-12(19)9(2)21-14-18-17-13(20-14)10-4-6-11(15)7-5-10/h3-7,9H,1,8H2,2H3,(H,16,19)/t9-/m0/s1. The molecule has 0 aliphatic rings. The van der Waals surface area contributed by atoms with Gasteiger partial charge in [-0.15, -0.1) is 16.8 Å². The van der Waals surface area contributed by atoms with Crippen LogP contribution >= 0.6 is 27.7 Å². The number of halogens is 1. The van der Waals surface area contributed by atoms with Gasteiger partial charge in [-0.05, 0) is 31.2 Å². The second-order valence-corrected chi connectivity index (χ2v) is 6.38. The highest BCUT2D eigenvalue weighted by Crippen LogP contribution is 2.26. The number of nitrogens with zero attached hydrogens (tertiary/aromatic N) is 2. The van der Waals surface area contributed by atoms with Crippen LogP contribution in [0.4, 0.5) is 0 Å². The summed E-state index contributed by atoms with van der Waals surface area (Å²) in [5.74, 6) is 0.340. The minimum atomic E-state index is -0.317. The number of rotatable bonds is 6. The van der Waals surface area contributed by atoms with Gasteiger partial charge in [0.2, 0.25) is 11.8 Å². The van der Waals surface area contributed by atoms with Crippen molar-refractivity contribution in [3.05, 3.63) is 41.4 Å². The first-order valence-electron chi connectivity index (χ1n) is 6.25. The second kappa shape index (κ2) is 7.42. The summed E-state index contributed by atoms with van der Waals surface area (Å²) in [6, 6.07) is 7.56. The minimum absolute atomic E-state index is 0.0942. The van der Waals surface area contributed by atoms with Gasteiger partial charge in [-0.2, -0.15) is 0 Å². The summed E-state index contributed by atoms with van der Waals surface area (Å²) in [6.45, 7) is 5.78. The van der Waals surface area contributed by atoms with E-state index in [9.17, 15) is 4.79 Å². The lowest BCUT2D eigenvalue weighted by Crippen LogP contribution is -2.30. The summed E-state index contributed by atoms with van der Waals surface area (Å²) < 4.78 is 6.54. The molecule has 5 nitrogen and oxygen atoms in total. The van der Waals surface area contributed by atoms with Gasteiger partial charge in [0.15, 0.2) is 0 Å². The normalized spacial score (nSPS) is 11.9. The van der Waals surface area contributed by atoms with E-state index in [1.54, 1.807) is 13.0 Å². The summed E-state index contributed by atoms with van der Waals surface area (Å²) in [5, 5.41) is 10.7. The molecule has 1 aromatic heterocycles. The topological polar surface area (TPSA) is 68.0 Å². The van der Waals surface area contributed by atoms with Crippen molar-refractivity contribution < 1.29 is 9.21 Å². The highest BCUT2D eigenvalue weighted by molar-refractivity contribution is 9.10. The van der Waals surface area contributed by atoms with E-state index in [1.807, 2.05) is 24.3 Å². The highest BCUT2D eigenvalue weighted by Gasteiger charge is 2.18. The van der Waals surface area contributed by atoms with Crippen molar-refractivity contribution >= 4 is 33.6 Å². The van der Waals surface area contributed by atoms with E-state index in [0.717, 1.165) is 10.0 Å². The summed E-state index contributed by atoms with van der Waals surface area (Å²) in [6.07, 6.45) is 1.63. The summed E-state index contributed by atoms with van der Waals surface area (Å²) in [7, 11) is 0. The van der Waals surface area contributed by atoms with Gasteiger partial charge in [-0.3, -0.25) is 4.79 Å². The lowest BCUT2D eigenvalue weighted by Gasteiger charge is -2.07. The Morgan fingerprint density at radius 1 is 1.48 bits per heavy atom. The molecular weight excluding hydrogens is 354 g/mol. The number of amides is 1. The molecule has 0 aliphatic carbocycles. The Balaban J connectivity index is 2.01. The van der Waals surface area contributed by atoms with Crippen LogP contribution in [0.1, 0.15) is 6.92 Å². The van der Waals surface area contributed by atoms with Gasteiger partial charge in [0.25, 0.3) is 5.22 Å². The monoisotopic (exact) mass is 367 g/mol. The third-order valence-electron chi connectivity index (χ3n) is 2.57. The third kappa shape index (κ3) is 4.44. The molecule has 0 unspecified atom stereocenters. The summed E-state index contributed by atoms with van der Waals surface area (Å²) in [4.78, 5) is 11.7. The van der Waals surface area contributed by atoms with E-state index in [0.29, 0.717) is 17.7 Å². The van der Waals surface area contributed by atoms with Crippen LogP contribution in [0.2, 0.25) is 0 Å². The molecule has 2 aromatic rings. The van der Waals surface area contributed by atoms with Gasteiger partial charge >= 0.3 is 0 Å². The number of hydrogen-bond acceptors (Lipinski definition) is 5. The van der Waals surface area contributed by atoms with E-state index in [-0.39, 0.29) is 11.2 Å². The molecule has 1 atom stereocenters. The van der Waals surface area contributed by atoms with Crippen LogP contribution < -0.4 is 5.32 Å². The molecule has 0 radical (unpaired) electrons. The molecule has 21 heavy (non-hydrogen) atoms. The van der Waals surface area contributed by atoms with Gasteiger partial charge in [-0.1, -0.05) is 33.8 Å². The highest BCUT2D eigenvalue weighted by atomic mass is 79.9. The fourth-order valence-electron chi connectivity index (χ4n) is 1.49. The Kier molecular flexibility index (Phi) is 5.58. The third-order valence-corrected chi connectivity index (χ3v) is 4.03. The van der Waals surface area contributed by atoms with Crippen molar-refractivity contribution in [3.8, 4) is 11.5 Å². The zero-order valence-electron chi connectivity index (χ0n) is 11.4. The van der Waals surface area contributed by atoms with Crippen LogP contribution in [-0.2, 0) is 4.79 Å². The van der Waals surface area contributed by atoms with Gasteiger partial charge in [-0.25, -0.2) is 0 Å². The fourth-order valence-corrected chi connectivity index (χ4v) is 2.46. The SMILES string of the molecule is C=CCNC(=O)[C@H](C)Sc1nnc(-c2ccc(Br)cc2)o1.